The number of rotatable bonds is 7. The molecule has 1 saturated heterocycles. The van der Waals surface area contributed by atoms with Gasteiger partial charge in [-0.15, -0.1) is 0 Å². The molecule has 0 spiro atoms. The van der Waals surface area contributed by atoms with Gasteiger partial charge in [0.15, 0.2) is 0 Å². The highest BCUT2D eigenvalue weighted by Crippen LogP contribution is 2.17. The van der Waals surface area contributed by atoms with E-state index in [1.54, 1.807) is 29.2 Å². The Morgan fingerprint density at radius 3 is 2.61 bits per heavy atom. The number of carbonyl (C=O) groups excluding carboxylic acids is 2. The smallest absolute Gasteiger partial charge is 0.326 e. The zero-order valence-electron chi connectivity index (χ0n) is 12.7. The number of amides is 3. The number of hydrogen-bond acceptors (Lipinski definition) is 4. The molecule has 2 rings (SSSR count). The number of carbonyl (C=O) groups is 3. The molecule has 1 heterocycles. The number of urea groups is 1. The fourth-order valence-electron chi connectivity index (χ4n) is 2.25. The van der Waals surface area contributed by atoms with Gasteiger partial charge in [0.05, 0.1) is 0 Å². The Morgan fingerprint density at radius 1 is 1.39 bits per heavy atom. The van der Waals surface area contributed by atoms with Crippen molar-refractivity contribution in [1.82, 2.24) is 10.6 Å². The topological polar surface area (TPSA) is 108 Å². The van der Waals surface area contributed by atoms with Crippen LogP contribution in [0, 0.1) is 0 Å². The molecule has 0 radical (unpaired) electrons. The van der Waals surface area contributed by atoms with Gasteiger partial charge < -0.3 is 20.5 Å². The Balaban J connectivity index is 2.01. The van der Waals surface area contributed by atoms with Crippen LogP contribution in [0.25, 0.3) is 0 Å². The van der Waals surface area contributed by atoms with Crippen molar-refractivity contribution in [2.24, 2.45) is 0 Å². The Hall–Kier alpha value is -2.61. The van der Waals surface area contributed by atoms with E-state index < -0.39 is 17.9 Å². The normalized spacial score (nSPS) is 15.2. The fourth-order valence-corrected chi connectivity index (χ4v) is 2.25. The molecule has 1 aliphatic rings. The van der Waals surface area contributed by atoms with E-state index in [1.807, 2.05) is 0 Å². The molecule has 1 fully saturated rings. The zero-order chi connectivity index (χ0) is 16.8. The van der Waals surface area contributed by atoms with Gasteiger partial charge in [-0.2, -0.15) is 0 Å². The molecular weight excluding hydrogens is 302 g/mol. The third kappa shape index (κ3) is 4.19. The minimum Gasteiger partial charge on any atom is -0.480 e. The van der Waals surface area contributed by atoms with Gasteiger partial charge in [0.1, 0.15) is 6.04 Å². The molecule has 8 heteroatoms. The Morgan fingerprint density at radius 2 is 2.09 bits per heavy atom. The number of aliphatic carboxylic acids is 1. The van der Waals surface area contributed by atoms with Gasteiger partial charge in [-0.25, -0.2) is 9.59 Å². The third-order valence-corrected chi connectivity index (χ3v) is 3.51. The van der Waals surface area contributed by atoms with Crippen molar-refractivity contribution < 1.29 is 24.2 Å². The summed E-state index contributed by atoms with van der Waals surface area (Å²) in [5, 5.41) is 14.2. The Bertz CT molecular complexity index is 587. The van der Waals surface area contributed by atoms with E-state index in [4.69, 9.17) is 9.84 Å². The molecule has 1 unspecified atom stereocenters. The summed E-state index contributed by atoms with van der Waals surface area (Å²) < 4.78 is 4.83. The van der Waals surface area contributed by atoms with E-state index in [0.717, 1.165) is 0 Å². The van der Waals surface area contributed by atoms with Gasteiger partial charge in [0.2, 0.25) is 0 Å². The van der Waals surface area contributed by atoms with Gasteiger partial charge in [-0.05, 0) is 24.3 Å². The first kappa shape index (κ1) is 16.8. The zero-order valence-corrected chi connectivity index (χ0v) is 12.7. The second-order valence-corrected chi connectivity index (χ2v) is 5.08. The van der Waals surface area contributed by atoms with Crippen LogP contribution in [0.2, 0.25) is 0 Å². The fraction of sp³-hybridized carbons (Fsp3) is 0.400. The number of methoxy groups -OCH3 is 1. The summed E-state index contributed by atoms with van der Waals surface area (Å²) in [7, 11) is 1.47. The minimum atomic E-state index is -1.11. The van der Waals surface area contributed by atoms with Crippen molar-refractivity contribution in [3.05, 3.63) is 29.8 Å². The van der Waals surface area contributed by atoms with Crippen LogP contribution in [0.3, 0.4) is 0 Å². The highest BCUT2D eigenvalue weighted by Gasteiger charge is 2.22. The quantitative estimate of drug-likeness (QED) is 0.675. The van der Waals surface area contributed by atoms with Crippen molar-refractivity contribution in [2.75, 3.05) is 31.7 Å². The Kier molecular flexibility index (Phi) is 5.53. The van der Waals surface area contributed by atoms with Crippen LogP contribution in [0.4, 0.5) is 10.5 Å². The molecular formula is C15H19N3O5. The van der Waals surface area contributed by atoms with E-state index in [9.17, 15) is 14.4 Å². The first-order chi connectivity index (χ1) is 11.0. The van der Waals surface area contributed by atoms with Gasteiger partial charge in [0, 0.05) is 44.5 Å². The highest BCUT2D eigenvalue weighted by molar-refractivity contribution is 5.98. The Labute approximate surface area is 133 Å². The molecule has 23 heavy (non-hydrogen) atoms. The van der Waals surface area contributed by atoms with Gasteiger partial charge in [0.25, 0.3) is 5.91 Å². The minimum absolute atomic E-state index is 0.173. The maximum absolute atomic E-state index is 12.1. The average molecular weight is 321 g/mol. The summed E-state index contributed by atoms with van der Waals surface area (Å²) in [5.74, 6) is -1.59. The van der Waals surface area contributed by atoms with Gasteiger partial charge in [-0.1, -0.05) is 0 Å². The standard InChI is InChI=1S/C15H19N3O5/c1-23-9-6-12(14(20)21)17-13(19)10-2-4-11(5-3-10)18-8-7-16-15(18)22/h2-5,12H,6-9H2,1H3,(H,16,22)(H,17,19)(H,20,21). The monoisotopic (exact) mass is 321 g/mol. The lowest BCUT2D eigenvalue weighted by Crippen LogP contribution is -2.41. The van der Waals surface area contributed by atoms with Crippen LogP contribution in [0.15, 0.2) is 24.3 Å². The number of hydrogen-bond donors (Lipinski definition) is 3. The second kappa shape index (κ2) is 7.59. The third-order valence-electron chi connectivity index (χ3n) is 3.51. The molecule has 0 aliphatic carbocycles. The molecule has 0 saturated carbocycles. The van der Waals surface area contributed by atoms with Crippen LogP contribution in [-0.2, 0) is 9.53 Å². The van der Waals surface area contributed by atoms with Crippen molar-refractivity contribution in [3.63, 3.8) is 0 Å². The van der Waals surface area contributed by atoms with Gasteiger partial charge in [-0.3, -0.25) is 9.69 Å². The summed E-state index contributed by atoms with van der Waals surface area (Å²) in [6.07, 6.45) is 0.184. The van der Waals surface area contributed by atoms with Crippen molar-refractivity contribution >= 4 is 23.6 Å². The maximum Gasteiger partial charge on any atom is 0.326 e. The lowest BCUT2D eigenvalue weighted by molar-refractivity contribution is -0.139. The number of anilines is 1. The summed E-state index contributed by atoms with van der Waals surface area (Å²) in [6, 6.07) is 5.26. The van der Waals surface area contributed by atoms with Crippen molar-refractivity contribution in [1.29, 1.82) is 0 Å². The predicted octanol–water partition coefficient (Wildman–Crippen LogP) is 0.436. The molecule has 1 aromatic rings. The van der Waals surface area contributed by atoms with Crippen LogP contribution in [0.1, 0.15) is 16.8 Å². The number of carboxylic acid groups (broad SMARTS) is 1. The lowest BCUT2D eigenvalue weighted by Gasteiger charge is -2.16. The first-order valence-electron chi connectivity index (χ1n) is 7.21. The van der Waals surface area contributed by atoms with Gasteiger partial charge >= 0.3 is 12.0 Å². The molecule has 1 atom stereocenters. The predicted molar refractivity (Wildman–Crippen MR) is 82.6 cm³/mol. The average Bonchev–Trinajstić information content (AvgIpc) is 2.97. The number of nitrogens with one attached hydrogen (secondary N) is 2. The number of benzene rings is 1. The van der Waals surface area contributed by atoms with E-state index in [2.05, 4.69) is 10.6 Å². The SMILES string of the molecule is COCCC(NC(=O)c1ccc(N2CCNC2=O)cc1)C(=O)O. The first-order valence-corrected chi connectivity index (χ1v) is 7.21. The molecule has 3 amide bonds. The molecule has 3 N–H and O–H groups in total. The van der Waals surface area contributed by atoms with Crippen LogP contribution < -0.4 is 15.5 Å². The van der Waals surface area contributed by atoms with E-state index >= 15 is 0 Å². The molecule has 1 aromatic carbocycles. The van der Waals surface area contributed by atoms with Crippen LogP contribution in [0.5, 0.6) is 0 Å². The molecule has 1 aliphatic heterocycles. The molecule has 8 nitrogen and oxygen atoms in total. The second-order valence-electron chi connectivity index (χ2n) is 5.08. The van der Waals surface area contributed by atoms with Crippen molar-refractivity contribution in [3.8, 4) is 0 Å². The van der Waals surface area contributed by atoms with E-state index in [0.29, 0.717) is 24.3 Å². The highest BCUT2D eigenvalue weighted by atomic mass is 16.5. The van der Waals surface area contributed by atoms with Crippen LogP contribution in [-0.4, -0.2) is 55.9 Å². The maximum atomic E-state index is 12.1. The summed E-state index contributed by atoms with van der Waals surface area (Å²) in [4.78, 5) is 36.4. The largest absolute Gasteiger partial charge is 0.480 e. The molecule has 0 bridgehead atoms. The number of ether oxygens (including phenoxy) is 1. The van der Waals surface area contributed by atoms with E-state index in [1.165, 1.54) is 7.11 Å². The molecule has 124 valence electrons. The number of nitrogens with zero attached hydrogens (tertiary/aromatic N) is 1. The lowest BCUT2D eigenvalue weighted by atomic mass is 10.1. The van der Waals surface area contributed by atoms with E-state index in [-0.39, 0.29) is 19.1 Å². The summed E-state index contributed by atoms with van der Waals surface area (Å²) in [6.45, 7) is 1.39. The van der Waals surface area contributed by atoms with Crippen molar-refractivity contribution in [2.45, 2.75) is 12.5 Å². The summed E-state index contributed by atoms with van der Waals surface area (Å²) in [5.41, 5.74) is 1.02. The van der Waals surface area contributed by atoms with Crippen LogP contribution >= 0.6 is 0 Å². The summed E-state index contributed by atoms with van der Waals surface area (Å²) >= 11 is 0. The molecule has 0 aromatic heterocycles. The number of carboxylic acids is 1.